The third-order valence-corrected chi connectivity index (χ3v) is 4.57. The molecule has 1 N–H and O–H groups in total. The Balaban J connectivity index is 1.42. The normalized spacial score (nSPS) is 20.2. The van der Waals surface area contributed by atoms with Crippen molar-refractivity contribution in [2.45, 2.75) is 32.7 Å². The van der Waals surface area contributed by atoms with E-state index in [9.17, 15) is 4.79 Å². The zero-order valence-corrected chi connectivity index (χ0v) is 16.1. The Kier molecular flexibility index (Phi) is 6.85. The first-order valence-electron chi connectivity index (χ1n) is 9.53. The van der Waals surface area contributed by atoms with Crippen molar-refractivity contribution in [1.29, 1.82) is 0 Å². The molecule has 1 amide bonds. The van der Waals surface area contributed by atoms with Gasteiger partial charge < -0.3 is 14.8 Å². The van der Waals surface area contributed by atoms with Gasteiger partial charge in [-0.2, -0.15) is 0 Å². The summed E-state index contributed by atoms with van der Waals surface area (Å²) in [7, 11) is 0. The van der Waals surface area contributed by atoms with E-state index >= 15 is 0 Å². The lowest BCUT2D eigenvalue weighted by molar-refractivity contribution is -0.0672. The number of nitrogens with zero attached hydrogens (tertiary/aromatic N) is 1. The standard InChI is InChI=1S/C22H28N2O3/c1-17-14-24(15-18(2)27-17)13-12-23-22(25)20-8-10-21(11-9-20)26-16-19-6-4-3-5-7-19/h3-11,17-18H,12-16H2,1-2H3,(H,23,25). The van der Waals surface area contributed by atoms with Crippen LogP contribution in [0.1, 0.15) is 29.8 Å². The average Bonchev–Trinajstić information content (AvgIpc) is 2.67. The summed E-state index contributed by atoms with van der Waals surface area (Å²) in [6.07, 6.45) is 0.487. The van der Waals surface area contributed by atoms with E-state index in [0.717, 1.165) is 30.9 Å². The molecule has 5 heteroatoms. The molecule has 0 radical (unpaired) electrons. The van der Waals surface area contributed by atoms with E-state index in [1.54, 1.807) is 12.1 Å². The van der Waals surface area contributed by atoms with Crippen molar-refractivity contribution < 1.29 is 14.3 Å². The number of carbonyl (C=O) groups is 1. The lowest BCUT2D eigenvalue weighted by Gasteiger charge is -2.35. The van der Waals surface area contributed by atoms with E-state index in [-0.39, 0.29) is 18.1 Å². The fourth-order valence-corrected chi connectivity index (χ4v) is 3.34. The molecule has 1 saturated heterocycles. The summed E-state index contributed by atoms with van der Waals surface area (Å²) in [6, 6.07) is 17.3. The maximum Gasteiger partial charge on any atom is 0.251 e. The second-order valence-corrected chi connectivity index (χ2v) is 7.07. The quantitative estimate of drug-likeness (QED) is 0.816. The highest BCUT2D eigenvalue weighted by atomic mass is 16.5. The Labute approximate surface area is 161 Å². The van der Waals surface area contributed by atoms with Crippen LogP contribution in [0.15, 0.2) is 54.6 Å². The second kappa shape index (κ2) is 9.53. The van der Waals surface area contributed by atoms with Gasteiger partial charge in [-0.15, -0.1) is 0 Å². The fraction of sp³-hybridized carbons (Fsp3) is 0.409. The Morgan fingerprint density at radius 2 is 1.74 bits per heavy atom. The van der Waals surface area contributed by atoms with Crippen molar-refractivity contribution in [1.82, 2.24) is 10.2 Å². The average molecular weight is 368 g/mol. The van der Waals surface area contributed by atoms with E-state index in [1.165, 1.54) is 0 Å². The van der Waals surface area contributed by atoms with Crippen LogP contribution in [-0.2, 0) is 11.3 Å². The number of amides is 1. The number of rotatable bonds is 7. The Morgan fingerprint density at radius 1 is 1.07 bits per heavy atom. The van der Waals surface area contributed by atoms with Crippen LogP contribution in [0.3, 0.4) is 0 Å². The van der Waals surface area contributed by atoms with Crippen LogP contribution in [0.2, 0.25) is 0 Å². The highest BCUT2D eigenvalue weighted by molar-refractivity contribution is 5.94. The summed E-state index contributed by atoms with van der Waals surface area (Å²) in [5.74, 6) is 0.700. The molecule has 1 aliphatic heterocycles. The summed E-state index contributed by atoms with van der Waals surface area (Å²) < 4.78 is 11.5. The first kappa shape index (κ1) is 19.4. The number of hydrogen-bond acceptors (Lipinski definition) is 4. The molecule has 144 valence electrons. The summed E-state index contributed by atoms with van der Waals surface area (Å²) in [5.41, 5.74) is 1.76. The van der Waals surface area contributed by atoms with Crippen LogP contribution >= 0.6 is 0 Å². The number of ether oxygens (including phenoxy) is 2. The van der Waals surface area contributed by atoms with Crippen molar-refractivity contribution >= 4 is 5.91 Å². The molecule has 2 unspecified atom stereocenters. The highest BCUT2D eigenvalue weighted by Crippen LogP contribution is 2.14. The Bertz CT molecular complexity index is 708. The van der Waals surface area contributed by atoms with Gasteiger partial charge in [0.05, 0.1) is 12.2 Å². The summed E-state index contributed by atoms with van der Waals surface area (Å²) in [6.45, 7) is 7.97. The summed E-state index contributed by atoms with van der Waals surface area (Å²) >= 11 is 0. The van der Waals surface area contributed by atoms with Gasteiger partial charge in [-0.05, 0) is 43.7 Å². The molecular weight excluding hydrogens is 340 g/mol. The molecule has 2 atom stereocenters. The smallest absolute Gasteiger partial charge is 0.251 e. The molecule has 0 saturated carbocycles. The van der Waals surface area contributed by atoms with Gasteiger partial charge >= 0.3 is 0 Å². The van der Waals surface area contributed by atoms with E-state index in [1.807, 2.05) is 42.5 Å². The number of carbonyl (C=O) groups excluding carboxylic acids is 1. The van der Waals surface area contributed by atoms with Crippen molar-refractivity contribution in [2.75, 3.05) is 26.2 Å². The third kappa shape index (κ3) is 6.08. The Morgan fingerprint density at radius 3 is 2.41 bits per heavy atom. The molecule has 1 aliphatic rings. The largest absolute Gasteiger partial charge is 0.489 e. The monoisotopic (exact) mass is 368 g/mol. The zero-order chi connectivity index (χ0) is 19.1. The minimum absolute atomic E-state index is 0.0565. The van der Waals surface area contributed by atoms with Crippen LogP contribution in [-0.4, -0.2) is 49.2 Å². The number of hydrogen-bond donors (Lipinski definition) is 1. The van der Waals surface area contributed by atoms with Gasteiger partial charge in [-0.3, -0.25) is 9.69 Å². The number of nitrogens with one attached hydrogen (secondary N) is 1. The molecular formula is C22H28N2O3. The van der Waals surface area contributed by atoms with E-state index in [4.69, 9.17) is 9.47 Å². The molecule has 2 aromatic carbocycles. The lowest BCUT2D eigenvalue weighted by Crippen LogP contribution is -2.47. The van der Waals surface area contributed by atoms with Gasteiger partial charge in [-0.25, -0.2) is 0 Å². The van der Waals surface area contributed by atoms with Gasteiger partial charge in [-0.1, -0.05) is 30.3 Å². The molecule has 0 bridgehead atoms. The van der Waals surface area contributed by atoms with Gasteiger partial charge in [0.2, 0.25) is 0 Å². The van der Waals surface area contributed by atoms with Gasteiger partial charge in [0.15, 0.2) is 0 Å². The SMILES string of the molecule is CC1CN(CCNC(=O)c2ccc(OCc3ccccc3)cc2)CC(C)O1. The third-order valence-electron chi connectivity index (χ3n) is 4.57. The number of morpholine rings is 1. The highest BCUT2D eigenvalue weighted by Gasteiger charge is 2.21. The van der Waals surface area contributed by atoms with Crippen molar-refractivity contribution in [3.63, 3.8) is 0 Å². The Hall–Kier alpha value is -2.37. The molecule has 1 fully saturated rings. The first-order valence-corrected chi connectivity index (χ1v) is 9.53. The topological polar surface area (TPSA) is 50.8 Å². The van der Waals surface area contributed by atoms with Crippen LogP contribution < -0.4 is 10.1 Å². The second-order valence-electron chi connectivity index (χ2n) is 7.07. The van der Waals surface area contributed by atoms with Crippen LogP contribution in [0.4, 0.5) is 0 Å². The molecule has 0 aromatic heterocycles. The molecule has 3 rings (SSSR count). The van der Waals surface area contributed by atoms with Crippen molar-refractivity contribution in [2.24, 2.45) is 0 Å². The van der Waals surface area contributed by atoms with Gasteiger partial charge in [0.1, 0.15) is 12.4 Å². The summed E-state index contributed by atoms with van der Waals surface area (Å²) in [4.78, 5) is 14.6. The fourth-order valence-electron chi connectivity index (χ4n) is 3.34. The predicted molar refractivity (Wildman–Crippen MR) is 106 cm³/mol. The predicted octanol–water partition coefficient (Wildman–Crippen LogP) is 3.10. The van der Waals surface area contributed by atoms with Crippen molar-refractivity contribution in [3.05, 3.63) is 65.7 Å². The molecule has 0 aliphatic carbocycles. The van der Waals surface area contributed by atoms with E-state index in [2.05, 4.69) is 24.1 Å². The van der Waals surface area contributed by atoms with Crippen LogP contribution in [0.5, 0.6) is 5.75 Å². The minimum atomic E-state index is -0.0565. The zero-order valence-electron chi connectivity index (χ0n) is 16.1. The molecule has 0 spiro atoms. The maximum atomic E-state index is 12.3. The minimum Gasteiger partial charge on any atom is -0.489 e. The molecule has 27 heavy (non-hydrogen) atoms. The van der Waals surface area contributed by atoms with Gasteiger partial charge in [0, 0.05) is 31.7 Å². The van der Waals surface area contributed by atoms with E-state index < -0.39 is 0 Å². The number of benzene rings is 2. The van der Waals surface area contributed by atoms with Crippen LogP contribution in [0.25, 0.3) is 0 Å². The van der Waals surface area contributed by atoms with Gasteiger partial charge in [0.25, 0.3) is 5.91 Å². The molecule has 2 aromatic rings. The summed E-state index contributed by atoms with van der Waals surface area (Å²) in [5, 5.41) is 2.99. The van der Waals surface area contributed by atoms with Crippen molar-refractivity contribution in [3.8, 4) is 5.75 Å². The molecule has 5 nitrogen and oxygen atoms in total. The van der Waals surface area contributed by atoms with Crippen LogP contribution in [0, 0.1) is 0 Å². The first-order chi connectivity index (χ1) is 13.1. The molecule has 1 heterocycles. The maximum absolute atomic E-state index is 12.3. The van der Waals surface area contributed by atoms with E-state index in [0.29, 0.717) is 18.7 Å². The lowest BCUT2D eigenvalue weighted by atomic mass is 10.2.